The van der Waals surface area contributed by atoms with Crippen LogP contribution in [0.1, 0.15) is 45.2 Å². The third-order valence-electron chi connectivity index (χ3n) is 3.34. The van der Waals surface area contributed by atoms with Gasteiger partial charge in [-0.15, -0.1) is 0 Å². The summed E-state index contributed by atoms with van der Waals surface area (Å²) >= 11 is 5.67. The average molecular weight is 288 g/mol. The van der Waals surface area contributed by atoms with E-state index in [1.54, 1.807) is 6.07 Å². The van der Waals surface area contributed by atoms with Crippen molar-refractivity contribution in [2.75, 3.05) is 13.2 Å². The Morgan fingerprint density at radius 1 is 1.42 bits per heavy atom. The quantitative estimate of drug-likeness (QED) is 0.796. The van der Waals surface area contributed by atoms with Crippen molar-refractivity contribution in [2.24, 2.45) is 5.41 Å². The van der Waals surface area contributed by atoms with Crippen LogP contribution in [0.3, 0.4) is 0 Å². The second-order valence-electron chi connectivity index (χ2n) is 5.77. The molecule has 0 saturated carbocycles. The summed E-state index contributed by atoms with van der Waals surface area (Å²) in [6, 6.07) is 4.96. The lowest BCUT2D eigenvalue weighted by Gasteiger charge is -2.27. The molecular weight excluding hydrogens is 265 g/mol. The molecule has 4 heteroatoms. The van der Waals surface area contributed by atoms with E-state index in [4.69, 9.17) is 16.7 Å². The fraction of sp³-hybridized carbons (Fsp3) is 0.600. The number of benzene rings is 1. The molecule has 0 aliphatic heterocycles. The predicted octanol–water partition coefficient (Wildman–Crippen LogP) is 3.93. The van der Waals surface area contributed by atoms with Gasteiger partial charge in [0.25, 0.3) is 0 Å². The van der Waals surface area contributed by atoms with Crippen LogP contribution < -0.4 is 5.32 Å². The van der Waals surface area contributed by atoms with Crippen molar-refractivity contribution in [3.63, 3.8) is 0 Å². The Hall–Kier alpha value is -0.640. The van der Waals surface area contributed by atoms with Crippen molar-refractivity contribution < 1.29 is 9.50 Å². The van der Waals surface area contributed by atoms with Crippen molar-refractivity contribution in [2.45, 2.75) is 39.7 Å². The lowest BCUT2D eigenvalue weighted by molar-refractivity contribution is 0.233. The zero-order valence-corrected chi connectivity index (χ0v) is 12.6. The van der Waals surface area contributed by atoms with Gasteiger partial charge in [-0.3, -0.25) is 0 Å². The van der Waals surface area contributed by atoms with Gasteiger partial charge in [0, 0.05) is 19.2 Å². The molecule has 2 N–H and O–H groups in total. The molecule has 0 bridgehead atoms. The molecule has 108 valence electrons. The summed E-state index contributed by atoms with van der Waals surface area (Å²) in [5.74, 6) is -0.382. The SMILES string of the molecule is CC(NCC(C)(C)CCCO)c1ccc(Cl)c(F)c1. The van der Waals surface area contributed by atoms with Crippen LogP contribution >= 0.6 is 11.6 Å². The highest BCUT2D eigenvalue weighted by molar-refractivity contribution is 6.30. The smallest absolute Gasteiger partial charge is 0.142 e. The summed E-state index contributed by atoms with van der Waals surface area (Å²) in [7, 11) is 0. The van der Waals surface area contributed by atoms with E-state index in [2.05, 4.69) is 19.2 Å². The van der Waals surface area contributed by atoms with E-state index in [0.29, 0.717) is 0 Å². The molecule has 1 unspecified atom stereocenters. The van der Waals surface area contributed by atoms with Crippen molar-refractivity contribution in [1.29, 1.82) is 0 Å². The van der Waals surface area contributed by atoms with Crippen LogP contribution in [0.2, 0.25) is 5.02 Å². The molecule has 0 spiro atoms. The van der Waals surface area contributed by atoms with Crippen molar-refractivity contribution in [3.05, 3.63) is 34.6 Å². The Bertz CT molecular complexity index is 409. The summed E-state index contributed by atoms with van der Waals surface area (Å²) in [5.41, 5.74) is 1.00. The van der Waals surface area contributed by atoms with Gasteiger partial charge in [0.05, 0.1) is 5.02 Å². The number of nitrogens with one attached hydrogen (secondary N) is 1. The number of aliphatic hydroxyl groups excluding tert-OH is 1. The van der Waals surface area contributed by atoms with Crippen LogP contribution in [0.15, 0.2) is 18.2 Å². The molecule has 2 nitrogen and oxygen atoms in total. The fourth-order valence-electron chi connectivity index (χ4n) is 1.97. The molecule has 0 fully saturated rings. The maximum Gasteiger partial charge on any atom is 0.142 e. The molecule has 0 saturated heterocycles. The van der Waals surface area contributed by atoms with E-state index in [1.165, 1.54) is 6.07 Å². The van der Waals surface area contributed by atoms with Gasteiger partial charge in [0.2, 0.25) is 0 Å². The normalized spacial score (nSPS) is 13.6. The number of halogens is 2. The highest BCUT2D eigenvalue weighted by Crippen LogP contribution is 2.24. The van der Waals surface area contributed by atoms with Gasteiger partial charge in [-0.1, -0.05) is 31.5 Å². The maximum absolute atomic E-state index is 13.4. The molecule has 1 aromatic rings. The van der Waals surface area contributed by atoms with Crippen LogP contribution in [0.4, 0.5) is 4.39 Å². The second kappa shape index (κ2) is 7.22. The molecule has 0 aromatic heterocycles. The Morgan fingerprint density at radius 2 is 2.11 bits per heavy atom. The first-order valence-corrected chi connectivity index (χ1v) is 7.03. The minimum absolute atomic E-state index is 0.0696. The summed E-state index contributed by atoms with van der Waals surface area (Å²) in [5, 5.41) is 12.4. The molecule has 0 aliphatic rings. The standard InChI is InChI=1S/C15H23ClFNO/c1-11(12-5-6-13(16)14(17)9-12)18-10-15(2,3)7-4-8-19/h5-6,9,11,18-19H,4,7-8,10H2,1-3H3. The van der Waals surface area contributed by atoms with E-state index >= 15 is 0 Å². The minimum atomic E-state index is -0.382. The summed E-state index contributed by atoms with van der Waals surface area (Å²) in [6.45, 7) is 7.36. The number of aliphatic hydroxyl groups is 1. The molecule has 0 heterocycles. The Morgan fingerprint density at radius 3 is 2.68 bits per heavy atom. The highest BCUT2D eigenvalue weighted by atomic mass is 35.5. The summed E-state index contributed by atoms with van der Waals surface area (Å²) in [6.07, 6.45) is 1.76. The van der Waals surface area contributed by atoms with Gasteiger partial charge in [0.15, 0.2) is 0 Å². The molecule has 1 rings (SSSR count). The van der Waals surface area contributed by atoms with Crippen molar-refractivity contribution in [3.8, 4) is 0 Å². The van der Waals surface area contributed by atoms with Crippen molar-refractivity contribution >= 4 is 11.6 Å². The maximum atomic E-state index is 13.4. The number of hydrogen-bond donors (Lipinski definition) is 2. The molecule has 1 atom stereocenters. The van der Waals surface area contributed by atoms with Crippen LogP contribution in [0.5, 0.6) is 0 Å². The van der Waals surface area contributed by atoms with Gasteiger partial charge in [-0.25, -0.2) is 4.39 Å². The fourth-order valence-corrected chi connectivity index (χ4v) is 2.09. The molecule has 1 aromatic carbocycles. The van der Waals surface area contributed by atoms with E-state index in [-0.39, 0.29) is 28.9 Å². The molecule has 0 aliphatic carbocycles. The van der Waals surface area contributed by atoms with E-state index < -0.39 is 0 Å². The van der Waals surface area contributed by atoms with Crippen LogP contribution in [-0.4, -0.2) is 18.3 Å². The summed E-state index contributed by atoms with van der Waals surface area (Å²) < 4.78 is 13.4. The minimum Gasteiger partial charge on any atom is -0.396 e. The molecule has 19 heavy (non-hydrogen) atoms. The third kappa shape index (κ3) is 5.47. The first-order chi connectivity index (χ1) is 8.85. The molecule has 0 amide bonds. The zero-order chi connectivity index (χ0) is 14.5. The first-order valence-electron chi connectivity index (χ1n) is 6.65. The van der Waals surface area contributed by atoms with Crippen molar-refractivity contribution in [1.82, 2.24) is 5.32 Å². The predicted molar refractivity (Wildman–Crippen MR) is 77.9 cm³/mol. The van der Waals surface area contributed by atoms with Crippen LogP contribution in [0.25, 0.3) is 0 Å². The van der Waals surface area contributed by atoms with E-state index in [1.807, 2.05) is 13.0 Å². The third-order valence-corrected chi connectivity index (χ3v) is 3.65. The number of hydrogen-bond acceptors (Lipinski definition) is 2. The van der Waals surface area contributed by atoms with Gasteiger partial charge >= 0.3 is 0 Å². The van der Waals surface area contributed by atoms with Gasteiger partial charge in [-0.2, -0.15) is 0 Å². The molecule has 0 radical (unpaired) electrons. The lowest BCUT2D eigenvalue weighted by atomic mass is 9.87. The Balaban J connectivity index is 2.54. The largest absolute Gasteiger partial charge is 0.396 e. The van der Waals surface area contributed by atoms with Crippen LogP contribution in [-0.2, 0) is 0 Å². The van der Waals surface area contributed by atoms with Crippen LogP contribution in [0, 0.1) is 11.2 Å². The van der Waals surface area contributed by atoms with Gasteiger partial charge in [-0.05, 0) is 42.9 Å². The Kier molecular flexibility index (Phi) is 6.24. The van der Waals surface area contributed by atoms with Gasteiger partial charge < -0.3 is 10.4 Å². The van der Waals surface area contributed by atoms with E-state index in [9.17, 15) is 4.39 Å². The second-order valence-corrected chi connectivity index (χ2v) is 6.17. The first kappa shape index (κ1) is 16.4. The highest BCUT2D eigenvalue weighted by Gasteiger charge is 2.18. The average Bonchev–Trinajstić information content (AvgIpc) is 2.37. The molecular formula is C15H23ClFNO. The Labute approximate surface area is 120 Å². The lowest BCUT2D eigenvalue weighted by Crippen LogP contribution is -2.31. The number of rotatable bonds is 7. The van der Waals surface area contributed by atoms with E-state index in [0.717, 1.165) is 24.9 Å². The zero-order valence-electron chi connectivity index (χ0n) is 11.8. The topological polar surface area (TPSA) is 32.3 Å². The summed E-state index contributed by atoms with van der Waals surface area (Å²) in [4.78, 5) is 0. The monoisotopic (exact) mass is 287 g/mol. The van der Waals surface area contributed by atoms with Gasteiger partial charge in [0.1, 0.15) is 5.82 Å².